The van der Waals surface area contributed by atoms with Gasteiger partial charge in [0.25, 0.3) is 0 Å². The summed E-state index contributed by atoms with van der Waals surface area (Å²) in [5, 5.41) is 0. The smallest absolute Gasteiger partial charge is 0.0588 e. The molecule has 1 saturated heterocycles. The molecule has 0 aromatic rings. The zero-order valence-corrected chi connectivity index (χ0v) is 6.21. The lowest BCUT2D eigenvalue weighted by molar-refractivity contribution is -0.0463. The largest absolute Gasteiger partial charge is 0.381 e. The molecule has 0 aliphatic carbocycles. The summed E-state index contributed by atoms with van der Waals surface area (Å²) in [5.41, 5.74) is 5.24. The van der Waals surface area contributed by atoms with Crippen molar-refractivity contribution in [1.82, 2.24) is 0 Å². The van der Waals surface area contributed by atoms with E-state index in [1.54, 1.807) is 0 Å². The Morgan fingerprint density at radius 2 is 2.20 bits per heavy atom. The Hall–Kier alpha value is -0.120. The van der Waals surface area contributed by atoms with E-state index in [4.69, 9.17) is 15.2 Å². The van der Waals surface area contributed by atoms with Crippen LogP contribution in [0.2, 0.25) is 0 Å². The molecule has 0 atom stereocenters. The van der Waals surface area contributed by atoms with E-state index >= 15 is 0 Å². The third-order valence-electron chi connectivity index (χ3n) is 1.64. The van der Waals surface area contributed by atoms with Gasteiger partial charge in [0.15, 0.2) is 0 Å². The van der Waals surface area contributed by atoms with Crippen LogP contribution >= 0.6 is 0 Å². The molecule has 0 amide bonds. The first-order chi connectivity index (χ1) is 4.93. The van der Waals surface area contributed by atoms with Crippen LogP contribution < -0.4 is 5.73 Å². The monoisotopic (exact) mass is 145 g/mol. The number of hydrogen-bond acceptors (Lipinski definition) is 3. The molecule has 0 aromatic heterocycles. The minimum absolute atomic E-state index is 0.626. The number of nitrogens with two attached hydrogens (primary N) is 1. The van der Waals surface area contributed by atoms with Gasteiger partial charge in [-0.05, 0) is 6.42 Å². The molecule has 3 nitrogen and oxygen atoms in total. The van der Waals surface area contributed by atoms with E-state index in [1.165, 1.54) is 0 Å². The third-order valence-corrected chi connectivity index (χ3v) is 1.64. The van der Waals surface area contributed by atoms with E-state index in [0.717, 1.165) is 32.2 Å². The highest BCUT2D eigenvalue weighted by molar-refractivity contribution is 4.64. The average Bonchev–Trinajstić information content (AvgIpc) is 1.84. The van der Waals surface area contributed by atoms with Gasteiger partial charge in [0.1, 0.15) is 0 Å². The van der Waals surface area contributed by atoms with Gasteiger partial charge in [0.05, 0.1) is 19.8 Å². The molecule has 2 N–H and O–H groups in total. The molecule has 1 heterocycles. The summed E-state index contributed by atoms with van der Waals surface area (Å²) < 4.78 is 10.2. The lowest BCUT2D eigenvalue weighted by Gasteiger charge is -2.25. The summed E-state index contributed by atoms with van der Waals surface area (Å²) in [6.45, 7) is 4.00. The van der Waals surface area contributed by atoms with Gasteiger partial charge in [-0.1, -0.05) is 0 Å². The first kappa shape index (κ1) is 7.98. The highest BCUT2D eigenvalue weighted by atomic mass is 16.5. The first-order valence-corrected chi connectivity index (χ1v) is 3.79. The van der Waals surface area contributed by atoms with Gasteiger partial charge < -0.3 is 15.2 Å². The Labute approximate surface area is 61.5 Å². The van der Waals surface area contributed by atoms with Crippen LogP contribution in [0.3, 0.4) is 0 Å². The van der Waals surface area contributed by atoms with Crippen molar-refractivity contribution in [2.75, 3.05) is 33.0 Å². The molecule has 60 valence electrons. The second-order valence-electron chi connectivity index (χ2n) is 2.59. The zero-order chi connectivity index (χ0) is 7.23. The Balaban J connectivity index is 1.76. The summed E-state index contributed by atoms with van der Waals surface area (Å²) >= 11 is 0. The molecule has 1 rings (SSSR count). The van der Waals surface area contributed by atoms with Gasteiger partial charge in [-0.25, -0.2) is 0 Å². The number of ether oxygens (including phenoxy) is 2. The summed E-state index contributed by atoms with van der Waals surface area (Å²) in [4.78, 5) is 0. The third kappa shape index (κ3) is 2.64. The summed E-state index contributed by atoms with van der Waals surface area (Å²) in [5.74, 6) is 0.748. The first-order valence-electron chi connectivity index (χ1n) is 3.79. The van der Waals surface area contributed by atoms with Crippen molar-refractivity contribution in [1.29, 1.82) is 0 Å². The zero-order valence-electron chi connectivity index (χ0n) is 6.21. The molecule has 1 fully saturated rings. The predicted octanol–water partition coefficient (Wildman–Crippen LogP) is -0.00180. The lowest BCUT2D eigenvalue weighted by Crippen LogP contribution is -2.28. The van der Waals surface area contributed by atoms with Crippen LogP contribution in [0.1, 0.15) is 6.42 Å². The van der Waals surface area contributed by atoms with Crippen molar-refractivity contribution in [3.05, 3.63) is 0 Å². The van der Waals surface area contributed by atoms with Crippen molar-refractivity contribution < 1.29 is 9.47 Å². The van der Waals surface area contributed by atoms with E-state index < -0.39 is 0 Å². The SMILES string of the molecule is NCCOCCC1COC1. The summed E-state index contributed by atoms with van der Waals surface area (Å²) in [6, 6.07) is 0. The Kier molecular flexibility index (Phi) is 3.72. The van der Waals surface area contributed by atoms with E-state index in [9.17, 15) is 0 Å². The van der Waals surface area contributed by atoms with E-state index in [0.29, 0.717) is 13.2 Å². The molecule has 1 aliphatic rings. The topological polar surface area (TPSA) is 44.5 Å². The fraction of sp³-hybridized carbons (Fsp3) is 1.00. The van der Waals surface area contributed by atoms with Crippen LogP contribution in [0.25, 0.3) is 0 Å². The fourth-order valence-corrected chi connectivity index (χ4v) is 0.887. The molecule has 0 bridgehead atoms. The lowest BCUT2D eigenvalue weighted by atomic mass is 10.1. The number of rotatable bonds is 5. The Bertz CT molecular complexity index is 83.7. The maximum absolute atomic E-state index is 5.24. The van der Waals surface area contributed by atoms with Crippen molar-refractivity contribution in [3.63, 3.8) is 0 Å². The molecule has 1 aliphatic heterocycles. The molecular formula is C7H15NO2. The minimum Gasteiger partial charge on any atom is -0.381 e. The molecule has 0 saturated carbocycles. The summed E-state index contributed by atoms with van der Waals surface area (Å²) in [6.07, 6.45) is 1.12. The fourth-order valence-electron chi connectivity index (χ4n) is 0.887. The molecule has 0 aromatic carbocycles. The quantitative estimate of drug-likeness (QED) is 0.554. The van der Waals surface area contributed by atoms with Gasteiger partial charge in [-0.3, -0.25) is 0 Å². The van der Waals surface area contributed by atoms with Gasteiger partial charge in [0.2, 0.25) is 0 Å². The second kappa shape index (κ2) is 4.66. The maximum Gasteiger partial charge on any atom is 0.0588 e. The van der Waals surface area contributed by atoms with E-state index in [2.05, 4.69) is 0 Å². The van der Waals surface area contributed by atoms with Crippen molar-refractivity contribution >= 4 is 0 Å². The highest BCUT2D eigenvalue weighted by Crippen LogP contribution is 2.13. The van der Waals surface area contributed by atoms with Gasteiger partial charge in [-0.15, -0.1) is 0 Å². The second-order valence-corrected chi connectivity index (χ2v) is 2.59. The molecular weight excluding hydrogens is 130 g/mol. The van der Waals surface area contributed by atoms with E-state index in [1.807, 2.05) is 0 Å². The van der Waals surface area contributed by atoms with Crippen molar-refractivity contribution in [2.24, 2.45) is 11.7 Å². The van der Waals surface area contributed by atoms with Gasteiger partial charge in [0, 0.05) is 19.1 Å². The minimum atomic E-state index is 0.626. The number of hydrogen-bond donors (Lipinski definition) is 1. The standard InChI is InChI=1S/C7H15NO2/c8-2-4-9-3-1-7-5-10-6-7/h7H,1-6,8H2. The van der Waals surface area contributed by atoms with Crippen LogP contribution in [-0.2, 0) is 9.47 Å². The van der Waals surface area contributed by atoms with Crippen LogP contribution in [0.5, 0.6) is 0 Å². The van der Waals surface area contributed by atoms with Crippen LogP contribution in [0.15, 0.2) is 0 Å². The van der Waals surface area contributed by atoms with Crippen molar-refractivity contribution in [3.8, 4) is 0 Å². The van der Waals surface area contributed by atoms with Gasteiger partial charge in [-0.2, -0.15) is 0 Å². The molecule has 10 heavy (non-hydrogen) atoms. The van der Waals surface area contributed by atoms with Gasteiger partial charge >= 0.3 is 0 Å². The normalized spacial score (nSPS) is 18.9. The van der Waals surface area contributed by atoms with Crippen LogP contribution in [0, 0.1) is 5.92 Å². The highest BCUT2D eigenvalue weighted by Gasteiger charge is 2.17. The average molecular weight is 145 g/mol. The Morgan fingerprint density at radius 1 is 1.40 bits per heavy atom. The maximum atomic E-state index is 5.24. The summed E-state index contributed by atoms with van der Waals surface area (Å²) in [7, 11) is 0. The van der Waals surface area contributed by atoms with Crippen LogP contribution in [-0.4, -0.2) is 33.0 Å². The van der Waals surface area contributed by atoms with Crippen LogP contribution in [0.4, 0.5) is 0 Å². The van der Waals surface area contributed by atoms with E-state index in [-0.39, 0.29) is 0 Å². The molecule has 0 radical (unpaired) electrons. The molecule has 0 spiro atoms. The predicted molar refractivity (Wildman–Crippen MR) is 38.8 cm³/mol. The van der Waals surface area contributed by atoms with Crippen molar-refractivity contribution in [2.45, 2.75) is 6.42 Å². The molecule has 3 heteroatoms. The molecule has 0 unspecified atom stereocenters. The Morgan fingerprint density at radius 3 is 2.70 bits per heavy atom.